The quantitative estimate of drug-likeness (QED) is 0.151. The molecule has 0 aliphatic rings. The Morgan fingerprint density at radius 3 is 1.00 bits per heavy atom. The van der Waals surface area contributed by atoms with Crippen LogP contribution in [0.3, 0.4) is 0 Å². The number of hydrogen-bond donors (Lipinski definition) is 0. The van der Waals surface area contributed by atoms with Crippen molar-refractivity contribution in [1.82, 2.24) is 0 Å². The van der Waals surface area contributed by atoms with Crippen molar-refractivity contribution in [2.45, 2.75) is 163 Å². The summed E-state index contributed by atoms with van der Waals surface area (Å²) in [7, 11) is 0. The monoisotopic (exact) mass is 393 g/mol. The maximum absolute atomic E-state index is 2.86. The van der Waals surface area contributed by atoms with E-state index in [-0.39, 0.29) is 0 Å². The van der Waals surface area contributed by atoms with Crippen LogP contribution in [0.4, 0.5) is 0 Å². The van der Waals surface area contributed by atoms with Crippen LogP contribution in [0.25, 0.3) is 0 Å². The number of hydrogen-bond acceptors (Lipinski definition) is 0. The van der Waals surface area contributed by atoms with E-state index in [1.54, 1.807) is 0 Å². The van der Waals surface area contributed by atoms with Gasteiger partial charge in [0.05, 0.1) is 0 Å². The summed E-state index contributed by atoms with van der Waals surface area (Å²) in [5.74, 6) is 1.81. The molecule has 0 aromatic heterocycles. The van der Waals surface area contributed by atoms with Gasteiger partial charge in [-0.05, 0) is 18.3 Å². The lowest BCUT2D eigenvalue weighted by Crippen LogP contribution is -2.11. The average molecular weight is 394 g/mol. The fourth-order valence-electron chi connectivity index (χ4n) is 4.57. The lowest BCUT2D eigenvalue weighted by Gasteiger charge is -2.24. The van der Waals surface area contributed by atoms with Crippen LogP contribution in [0, 0.1) is 18.3 Å². The maximum atomic E-state index is 2.86. The Labute approximate surface area is 181 Å². The molecule has 0 amide bonds. The molecule has 0 heterocycles. The minimum absolute atomic E-state index is 0.902. The molecule has 0 aromatic rings. The predicted octanol–water partition coefficient (Wildman–Crippen LogP) is 10.7. The molecule has 0 aliphatic carbocycles. The second-order valence-electron chi connectivity index (χ2n) is 9.46. The Morgan fingerprint density at radius 2 is 0.607 bits per heavy atom. The van der Waals surface area contributed by atoms with Crippen molar-refractivity contribution in [3.63, 3.8) is 0 Å². The van der Waals surface area contributed by atoms with E-state index in [4.69, 9.17) is 0 Å². The van der Waals surface area contributed by atoms with E-state index in [1.165, 1.54) is 135 Å². The summed E-state index contributed by atoms with van der Waals surface area (Å²) in [5, 5.41) is 0. The molecule has 0 N–H and O–H groups in total. The molecule has 28 heavy (non-hydrogen) atoms. The molecule has 0 spiro atoms. The van der Waals surface area contributed by atoms with Gasteiger partial charge in [-0.1, -0.05) is 163 Å². The third-order valence-electron chi connectivity index (χ3n) is 6.51. The first-order valence-electron chi connectivity index (χ1n) is 13.6. The highest BCUT2D eigenvalue weighted by atomic mass is 14.2. The SMILES string of the molecule is CCCCCCCCC([CH]C(CCCCC)CCCCCC)CCCCCC. The summed E-state index contributed by atoms with van der Waals surface area (Å²) in [6, 6.07) is 0. The normalized spacial score (nSPS) is 13.7. The first-order valence-corrected chi connectivity index (χ1v) is 13.6. The van der Waals surface area contributed by atoms with E-state index < -0.39 is 0 Å². The van der Waals surface area contributed by atoms with E-state index in [1.807, 2.05) is 0 Å². The van der Waals surface area contributed by atoms with Gasteiger partial charge in [-0.2, -0.15) is 0 Å². The third kappa shape index (κ3) is 19.3. The molecule has 0 saturated heterocycles. The summed E-state index contributed by atoms with van der Waals surface area (Å²) in [4.78, 5) is 0. The first-order chi connectivity index (χ1) is 13.8. The van der Waals surface area contributed by atoms with Gasteiger partial charge in [0.2, 0.25) is 0 Å². The molecule has 0 fully saturated rings. The second kappa shape index (κ2) is 23.3. The zero-order valence-electron chi connectivity index (χ0n) is 20.6. The van der Waals surface area contributed by atoms with Gasteiger partial charge in [0.1, 0.15) is 0 Å². The van der Waals surface area contributed by atoms with Crippen LogP contribution in [0.15, 0.2) is 0 Å². The molecule has 2 unspecified atom stereocenters. The van der Waals surface area contributed by atoms with Gasteiger partial charge in [0, 0.05) is 0 Å². The summed E-state index contributed by atoms with van der Waals surface area (Å²) in [6.07, 6.45) is 33.0. The summed E-state index contributed by atoms with van der Waals surface area (Å²) in [6.45, 7) is 9.33. The lowest BCUT2D eigenvalue weighted by atomic mass is 9.82. The van der Waals surface area contributed by atoms with Crippen LogP contribution >= 0.6 is 0 Å². The van der Waals surface area contributed by atoms with E-state index in [9.17, 15) is 0 Å². The van der Waals surface area contributed by atoms with Crippen molar-refractivity contribution in [2.24, 2.45) is 11.8 Å². The second-order valence-corrected chi connectivity index (χ2v) is 9.46. The smallest absolute Gasteiger partial charge is 0.0324 e. The van der Waals surface area contributed by atoms with Gasteiger partial charge in [-0.25, -0.2) is 0 Å². The molecule has 0 nitrogen and oxygen atoms in total. The highest BCUT2D eigenvalue weighted by Gasteiger charge is 2.16. The number of rotatable bonds is 23. The minimum atomic E-state index is 0.902. The third-order valence-corrected chi connectivity index (χ3v) is 6.51. The molecule has 0 rings (SSSR count). The summed E-state index contributed by atoms with van der Waals surface area (Å²) < 4.78 is 0. The molecule has 1 radical (unpaired) electrons. The van der Waals surface area contributed by atoms with Crippen LogP contribution in [0.5, 0.6) is 0 Å². The van der Waals surface area contributed by atoms with Crippen LogP contribution < -0.4 is 0 Å². The van der Waals surface area contributed by atoms with Gasteiger partial charge >= 0.3 is 0 Å². The van der Waals surface area contributed by atoms with Crippen LogP contribution in [-0.4, -0.2) is 0 Å². The molecule has 0 aromatic carbocycles. The van der Waals surface area contributed by atoms with Gasteiger partial charge < -0.3 is 0 Å². The zero-order chi connectivity index (χ0) is 20.7. The highest BCUT2D eigenvalue weighted by Crippen LogP contribution is 2.30. The van der Waals surface area contributed by atoms with Gasteiger partial charge in [-0.15, -0.1) is 0 Å². The first kappa shape index (κ1) is 28.0. The van der Waals surface area contributed by atoms with Gasteiger partial charge in [0.25, 0.3) is 0 Å². The Kier molecular flexibility index (Phi) is 23.3. The Morgan fingerprint density at radius 1 is 0.357 bits per heavy atom. The molecule has 169 valence electrons. The topological polar surface area (TPSA) is 0 Å². The van der Waals surface area contributed by atoms with Crippen molar-refractivity contribution in [1.29, 1.82) is 0 Å². The molecule has 0 saturated carbocycles. The summed E-state index contributed by atoms with van der Waals surface area (Å²) in [5.41, 5.74) is 0. The zero-order valence-corrected chi connectivity index (χ0v) is 20.6. The van der Waals surface area contributed by atoms with E-state index in [0.29, 0.717) is 0 Å². The molecule has 0 heteroatoms. The molecule has 0 bridgehead atoms. The van der Waals surface area contributed by atoms with E-state index >= 15 is 0 Å². The van der Waals surface area contributed by atoms with E-state index in [2.05, 4.69) is 34.1 Å². The predicted molar refractivity (Wildman–Crippen MR) is 131 cm³/mol. The van der Waals surface area contributed by atoms with Crippen LogP contribution in [-0.2, 0) is 0 Å². The van der Waals surface area contributed by atoms with Gasteiger partial charge in [-0.3, -0.25) is 0 Å². The lowest BCUT2D eigenvalue weighted by molar-refractivity contribution is 0.366. The fourth-order valence-corrected chi connectivity index (χ4v) is 4.57. The maximum Gasteiger partial charge on any atom is -0.0324 e. The van der Waals surface area contributed by atoms with Crippen LogP contribution in [0.1, 0.15) is 163 Å². The van der Waals surface area contributed by atoms with Crippen LogP contribution in [0.2, 0.25) is 0 Å². The largest absolute Gasteiger partial charge is 0.0654 e. The van der Waals surface area contributed by atoms with Crippen molar-refractivity contribution >= 4 is 0 Å². The average Bonchev–Trinajstić information content (AvgIpc) is 2.70. The van der Waals surface area contributed by atoms with Crippen molar-refractivity contribution in [3.05, 3.63) is 6.42 Å². The van der Waals surface area contributed by atoms with Gasteiger partial charge in [0.15, 0.2) is 0 Å². The fraction of sp³-hybridized carbons (Fsp3) is 0.964. The van der Waals surface area contributed by atoms with Crippen molar-refractivity contribution < 1.29 is 0 Å². The minimum Gasteiger partial charge on any atom is -0.0654 e. The standard InChI is InChI=1S/C28H57/c1-5-9-13-16-17-21-25-28(24-20-15-11-7-3)26-27(22-18-12-8-4)23-19-14-10-6-2/h26-28H,5-25H2,1-4H3. The molecular formula is C28H57. The Hall–Kier alpha value is 0. The highest BCUT2D eigenvalue weighted by molar-refractivity contribution is 4.84. The Bertz CT molecular complexity index is 269. The van der Waals surface area contributed by atoms with Crippen molar-refractivity contribution in [3.8, 4) is 0 Å². The Balaban J connectivity index is 4.39. The van der Waals surface area contributed by atoms with Crippen molar-refractivity contribution in [2.75, 3.05) is 0 Å². The molecule has 2 atom stereocenters. The molecular weight excluding hydrogens is 336 g/mol. The number of unbranched alkanes of at least 4 members (excludes halogenated alkanes) is 13. The molecule has 0 aliphatic heterocycles. The van der Waals surface area contributed by atoms with E-state index in [0.717, 1.165) is 11.8 Å². The summed E-state index contributed by atoms with van der Waals surface area (Å²) >= 11 is 0.